The second-order valence-electron chi connectivity index (χ2n) is 3.17. The number of hydrogen-bond acceptors (Lipinski definition) is 3. The summed E-state index contributed by atoms with van der Waals surface area (Å²) in [6.07, 6.45) is 3.63. The molecule has 1 heterocycles. The average molecular weight is 299 g/mol. The van der Waals surface area contributed by atoms with Gasteiger partial charge >= 0.3 is 0 Å². The third-order valence-corrected chi connectivity index (χ3v) is 2.71. The van der Waals surface area contributed by atoms with Crippen LogP contribution in [0.25, 0.3) is 0 Å². The van der Waals surface area contributed by atoms with E-state index in [0.717, 1.165) is 6.07 Å². The van der Waals surface area contributed by atoms with Crippen LogP contribution in [0.1, 0.15) is 15.9 Å². The SMILES string of the molecule is O=C(c1cncnc1)c1c(F)ccc(Br)c1F. The average Bonchev–Trinajstić information content (AvgIpc) is 2.35. The normalized spacial score (nSPS) is 10.3. The van der Waals surface area contributed by atoms with Gasteiger partial charge in [0.2, 0.25) is 5.78 Å². The maximum Gasteiger partial charge on any atom is 0.202 e. The van der Waals surface area contributed by atoms with Crippen molar-refractivity contribution in [2.24, 2.45) is 0 Å². The predicted octanol–water partition coefficient (Wildman–Crippen LogP) is 2.75. The van der Waals surface area contributed by atoms with Gasteiger partial charge in [0.1, 0.15) is 12.1 Å². The van der Waals surface area contributed by atoms with E-state index in [1.807, 2.05) is 0 Å². The van der Waals surface area contributed by atoms with E-state index in [0.29, 0.717) is 0 Å². The van der Waals surface area contributed by atoms with Gasteiger partial charge in [-0.2, -0.15) is 0 Å². The molecule has 0 radical (unpaired) electrons. The number of halogens is 3. The van der Waals surface area contributed by atoms with Gasteiger partial charge in [-0.15, -0.1) is 0 Å². The maximum absolute atomic E-state index is 13.7. The number of rotatable bonds is 2. The van der Waals surface area contributed by atoms with Crippen LogP contribution in [-0.2, 0) is 0 Å². The van der Waals surface area contributed by atoms with Crippen molar-refractivity contribution in [2.45, 2.75) is 0 Å². The molecular weight excluding hydrogens is 294 g/mol. The van der Waals surface area contributed by atoms with E-state index < -0.39 is 23.0 Å². The number of aromatic nitrogens is 2. The Morgan fingerprint density at radius 3 is 2.47 bits per heavy atom. The molecule has 0 atom stereocenters. The van der Waals surface area contributed by atoms with E-state index in [9.17, 15) is 13.6 Å². The fourth-order valence-electron chi connectivity index (χ4n) is 1.30. The first kappa shape index (κ1) is 11.8. The molecule has 0 unspecified atom stereocenters. The lowest BCUT2D eigenvalue weighted by molar-refractivity contribution is 0.103. The lowest BCUT2D eigenvalue weighted by atomic mass is 10.1. The van der Waals surface area contributed by atoms with E-state index in [-0.39, 0.29) is 10.0 Å². The molecule has 0 bridgehead atoms. The second-order valence-corrected chi connectivity index (χ2v) is 4.03. The highest BCUT2D eigenvalue weighted by atomic mass is 79.9. The molecule has 6 heteroatoms. The Morgan fingerprint density at radius 2 is 1.82 bits per heavy atom. The Morgan fingerprint density at radius 1 is 1.18 bits per heavy atom. The van der Waals surface area contributed by atoms with E-state index in [2.05, 4.69) is 25.9 Å². The van der Waals surface area contributed by atoms with Crippen molar-refractivity contribution in [3.8, 4) is 0 Å². The Kier molecular flexibility index (Phi) is 3.23. The number of carbonyl (C=O) groups excluding carboxylic acids is 1. The van der Waals surface area contributed by atoms with Crippen molar-refractivity contribution in [1.29, 1.82) is 0 Å². The van der Waals surface area contributed by atoms with Gasteiger partial charge < -0.3 is 0 Å². The highest BCUT2D eigenvalue weighted by molar-refractivity contribution is 9.10. The van der Waals surface area contributed by atoms with E-state index >= 15 is 0 Å². The Hall–Kier alpha value is -1.69. The lowest BCUT2D eigenvalue weighted by Gasteiger charge is -2.04. The zero-order valence-electron chi connectivity index (χ0n) is 8.32. The number of hydrogen-bond donors (Lipinski definition) is 0. The van der Waals surface area contributed by atoms with Crippen LogP contribution in [-0.4, -0.2) is 15.8 Å². The van der Waals surface area contributed by atoms with Gasteiger partial charge in [0.05, 0.1) is 15.6 Å². The summed E-state index contributed by atoms with van der Waals surface area (Å²) < 4.78 is 27.1. The van der Waals surface area contributed by atoms with Crippen LogP contribution in [0.2, 0.25) is 0 Å². The lowest BCUT2D eigenvalue weighted by Crippen LogP contribution is -2.08. The van der Waals surface area contributed by atoms with Gasteiger partial charge in [-0.1, -0.05) is 0 Å². The first-order valence-corrected chi connectivity index (χ1v) is 5.33. The maximum atomic E-state index is 13.7. The van der Waals surface area contributed by atoms with Crippen LogP contribution >= 0.6 is 15.9 Å². The van der Waals surface area contributed by atoms with Crippen LogP contribution in [0.15, 0.2) is 35.3 Å². The largest absolute Gasteiger partial charge is 0.288 e. The quantitative estimate of drug-likeness (QED) is 0.632. The van der Waals surface area contributed by atoms with E-state index in [1.165, 1.54) is 24.8 Å². The Labute approximate surface area is 104 Å². The predicted molar refractivity (Wildman–Crippen MR) is 59.5 cm³/mol. The standard InChI is InChI=1S/C11H5BrF2N2O/c12-7-1-2-8(13)9(10(7)14)11(17)6-3-15-5-16-4-6/h1-5H. The Bertz CT molecular complexity index is 575. The van der Waals surface area contributed by atoms with Crippen LogP contribution in [0.3, 0.4) is 0 Å². The van der Waals surface area contributed by atoms with Crippen LogP contribution in [0, 0.1) is 11.6 Å². The van der Waals surface area contributed by atoms with E-state index in [4.69, 9.17) is 0 Å². The molecule has 0 aliphatic heterocycles. The van der Waals surface area contributed by atoms with Gasteiger partial charge in [0.15, 0.2) is 5.82 Å². The van der Waals surface area contributed by atoms with Crippen molar-refractivity contribution < 1.29 is 13.6 Å². The fraction of sp³-hybridized carbons (Fsp3) is 0. The first-order valence-electron chi connectivity index (χ1n) is 4.54. The summed E-state index contributed by atoms with van der Waals surface area (Å²) in [7, 11) is 0. The molecule has 0 saturated heterocycles. The van der Waals surface area contributed by atoms with Crippen molar-refractivity contribution >= 4 is 21.7 Å². The van der Waals surface area contributed by atoms with Crippen LogP contribution in [0.4, 0.5) is 8.78 Å². The van der Waals surface area contributed by atoms with E-state index in [1.54, 1.807) is 0 Å². The second kappa shape index (κ2) is 4.67. The van der Waals surface area contributed by atoms with Gasteiger partial charge in [0.25, 0.3) is 0 Å². The summed E-state index contributed by atoms with van der Waals surface area (Å²) in [5.74, 6) is -2.64. The minimum absolute atomic E-state index is 0.0269. The van der Waals surface area contributed by atoms with Crippen molar-refractivity contribution in [3.63, 3.8) is 0 Å². The van der Waals surface area contributed by atoms with Gasteiger partial charge in [0, 0.05) is 12.4 Å². The molecule has 2 aromatic rings. The van der Waals surface area contributed by atoms with Gasteiger partial charge in [-0.3, -0.25) is 4.79 Å². The minimum Gasteiger partial charge on any atom is -0.288 e. The molecule has 0 fully saturated rings. The summed E-state index contributed by atoms with van der Waals surface area (Å²) in [6, 6.07) is 2.22. The van der Waals surface area contributed by atoms with Gasteiger partial charge in [-0.25, -0.2) is 18.7 Å². The summed E-state index contributed by atoms with van der Waals surface area (Å²) in [5.41, 5.74) is -0.586. The topological polar surface area (TPSA) is 42.9 Å². The molecule has 17 heavy (non-hydrogen) atoms. The zero-order chi connectivity index (χ0) is 12.4. The molecule has 0 aliphatic carbocycles. The molecule has 2 rings (SSSR count). The number of ketones is 1. The summed E-state index contributed by atoms with van der Waals surface area (Å²) in [6.45, 7) is 0. The molecule has 1 aromatic carbocycles. The molecule has 0 aliphatic rings. The number of benzene rings is 1. The molecule has 1 aromatic heterocycles. The van der Waals surface area contributed by atoms with Crippen LogP contribution in [0.5, 0.6) is 0 Å². The summed E-state index contributed by atoms with van der Waals surface area (Å²) >= 11 is 2.90. The van der Waals surface area contributed by atoms with Crippen LogP contribution < -0.4 is 0 Å². The summed E-state index contributed by atoms with van der Waals surface area (Å²) in [4.78, 5) is 19.1. The first-order chi connectivity index (χ1) is 8.11. The zero-order valence-corrected chi connectivity index (χ0v) is 9.91. The third-order valence-electron chi connectivity index (χ3n) is 2.09. The number of carbonyl (C=O) groups is 1. The van der Waals surface area contributed by atoms with Crippen molar-refractivity contribution in [1.82, 2.24) is 9.97 Å². The molecule has 0 N–H and O–H groups in total. The summed E-state index contributed by atoms with van der Waals surface area (Å²) in [5, 5.41) is 0. The Balaban J connectivity index is 2.56. The fourth-order valence-corrected chi connectivity index (χ4v) is 1.63. The monoisotopic (exact) mass is 298 g/mol. The smallest absolute Gasteiger partial charge is 0.202 e. The molecule has 3 nitrogen and oxygen atoms in total. The number of nitrogens with zero attached hydrogens (tertiary/aromatic N) is 2. The van der Waals surface area contributed by atoms with Crippen molar-refractivity contribution in [3.05, 3.63) is 58.1 Å². The molecule has 0 saturated carbocycles. The van der Waals surface area contributed by atoms with Gasteiger partial charge in [-0.05, 0) is 28.1 Å². The molecule has 0 spiro atoms. The van der Waals surface area contributed by atoms with Crippen molar-refractivity contribution in [2.75, 3.05) is 0 Å². The highest BCUT2D eigenvalue weighted by Crippen LogP contribution is 2.23. The highest BCUT2D eigenvalue weighted by Gasteiger charge is 2.21. The third kappa shape index (κ3) is 2.21. The molecule has 86 valence electrons. The molecule has 0 amide bonds. The molecular formula is C11H5BrF2N2O. The minimum atomic E-state index is -0.932.